The Labute approximate surface area is 173 Å². The molecule has 0 aliphatic carbocycles. The molecule has 1 aromatic carbocycles. The van der Waals surface area contributed by atoms with Gasteiger partial charge in [-0.15, -0.1) is 0 Å². The summed E-state index contributed by atoms with van der Waals surface area (Å²) in [6.07, 6.45) is 7.24. The van der Waals surface area contributed by atoms with Gasteiger partial charge in [-0.05, 0) is 69.8 Å². The SMILES string of the molecule is COc1ccc(NC(=O)N2CCCC(N3CCCC3)C2)cc1N1CCCCC1=O. The Hall–Kier alpha value is -2.28. The van der Waals surface area contributed by atoms with Gasteiger partial charge in [0.25, 0.3) is 0 Å². The van der Waals surface area contributed by atoms with Gasteiger partial charge in [0.1, 0.15) is 5.75 Å². The van der Waals surface area contributed by atoms with Crippen LogP contribution in [-0.2, 0) is 4.79 Å². The normalized spacial score (nSPS) is 23.3. The molecule has 1 unspecified atom stereocenters. The number of amides is 3. The summed E-state index contributed by atoms with van der Waals surface area (Å²) in [5.41, 5.74) is 1.44. The third kappa shape index (κ3) is 4.50. The molecule has 7 nitrogen and oxygen atoms in total. The van der Waals surface area contributed by atoms with Gasteiger partial charge in [-0.2, -0.15) is 0 Å². The molecule has 7 heteroatoms. The van der Waals surface area contributed by atoms with E-state index in [2.05, 4.69) is 10.2 Å². The molecule has 0 saturated carbocycles. The molecule has 158 valence electrons. The van der Waals surface area contributed by atoms with Crippen molar-refractivity contribution < 1.29 is 14.3 Å². The van der Waals surface area contributed by atoms with Crippen molar-refractivity contribution in [2.45, 2.75) is 51.0 Å². The molecule has 0 radical (unpaired) electrons. The van der Waals surface area contributed by atoms with Crippen molar-refractivity contribution in [2.75, 3.05) is 50.1 Å². The summed E-state index contributed by atoms with van der Waals surface area (Å²) < 4.78 is 5.47. The van der Waals surface area contributed by atoms with Crippen molar-refractivity contribution in [1.29, 1.82) is 0 Å². The van der Waals surface area contributed by atoms with Crippen LogP contribution in [0.4, 0.5) is 16.2 Å². The van der Waals surface area contributed by atoms with E-state index in [9.17, 15) is 9.59 Å². The molecule has 0 spiro atoms. The lowest BCUT2D eigenvalue weighted by molar-refractivity contribution is -0.119. The number of methoxy groups -OCH3 is 1. The largest absolute Gasteiger partial charge is 0.495 e. The summed E-state index contributed by atoms with van der Waals surface area (Å²) in [5, 5.41) is 3.04. The number of hydrogen-bond donors (Lipinski definition) is 1. The monoisotopic (exact) mass is 400 g/mol. The molecule has 1 atom stereocenters. The summed E-state index contributed by atoms with van der Waals surface area (Å²) in [5.74, 6) is 0.771. The Morgan fingerprint density at radius 1 is 1.07 bits per heavy atom. The van der Waals surface area contributed by atoms with Crippen LogP contribution in [-0.4, -0.2) is 67.6 Å². The highest BCUT2D eigenvalue weighted by Crippen LogP contribution is 2.34. The van der Waals surface area contributed by atoms with E-state index in [0.29, 0.717) is 30.4 Å². The van der Waals surface area contributed by atoms with E-state index in [1.165, 1.54) is 19.3 Å². The zero-order chi connectivity index (χ0) is 20.2. The molecule has 3 saturated heterocycles. The van der Waals surface area contributed by atoms with Gasteiger partial charge >= 0.3 is 6.03 Å². The molecule has 3 heterocycles. The molecule has 3 aliphatic rings. The summed E-state index contributed by atoms with van der Waals surface area (Å²) in [6, 6.07) is 5.96. The zero-order valence-corrected chi connectivity index (χ0v) is 17.4. The van der Waals surface area contributed by atoms with Crippen LogP contribution in [0.15, 0.2) is 18.2 Å². The van der Waals surface area contributed by atoms with Gasteiger partial charge in [-0.3, -0.25) is 9.69 Å². The fourth-order valence-corrected chi connectivity index (χ4v) is 4.79. The number of nitrogens with zero attached hydrogens (tertiary/aromatic N) is 3. The number of benzene rings is 1. The van der Waals surface area contributed by atoms with Gasteiger partial charge in [0.15, 0.2) is 0 Å². The standard InChI is InChI=1S/C22H32N4O3/c1-29-20-10-9-17(15-19(20)26-14-3-2-8-21(26)27)23-22(28)25-13-6-7-18(16-25)24-11-4-5-12-24/h9-10,15,18H,2-8,11-14,16H2,1H3,(H,23,28). The van der Waals surface area contributed by atoms with Crippen LogP contribution < -0.4 is 15.0 Å². The quantitative estimate of drug-likeness (QED) is 0.842. The molecule has 3 amide bonds. The molecule has 0 bridgehead atoms. The Morgan fingerprint density at radius 3 is 2.62 bits per heavy atom. The first-order chi connectivity index (χ1) is 14.2. The van der Waals surface area contributed by atoms with Gasteiger partial charge in [-0.25, -0.2) is 4.79 Å². The maximum absolute atomic E-state index is 12.9. The molecular formula is C22H32N4O3. The van der Waals surface area contributed by atoms with Crippen LogP contribution in [0.25, 0.3) is 0 Å². The minimum Gasteiger partial charge on any atom is -0.495 e. The number of nitrogens with one attached hydrogen (secondary N) is 1. The minimum atomic E-state index is -0.0602. The predicted octanol–water partition coefficient (Wildman–Crippen LogP) is 3.30. The van der Waals surface area contributed by atoms with E-state index in [4.69, 9.17) is 4.74 Å². The third-order valence-electron chi connectivity index (χ3n) is 6.39. The second-order valence-electron chi connectivity index (χ2n) is 8.30. The lowest BCUT2D eigenvalue weighted by Crippen LogP contribution is -2.50. The van der Waals surface area contributed by atoms with E-state index >= 15 is 0 Å². The topological polar surface area (TPSA) is 65.1 Å². The van der Waals surface area contributed by atoms with Crippen molar-refractivity contribution in [1.82, 2.24) is 9.80 Å². The van der Waals surface area contributed by atoms with Crippen LogP contribution in [0.2, 0.25) is 0 Å². The van der Waals surface area contributed by atoms with Crippen molar-refractivity contribution >= 4 is 23.3 Å². The number of piperidine rings is 2. The second-order valence-corrected chi connectivity index (χ2v) is 8.30. The van der Waals surface area contributed by atoms with Gasteiger partial charge in [-0.1, -0.05) is 0 Å². The lowest BCUT2D eigenvalue weighted by atomic mass is 10.0. The summed E-state index contributed by atoms with van der Waals surface area (Å²) in [7, 11) is 1.61. The molecule has 1 N–H and O–H groups in total. The number of hydrogen-bond acceptors (Lipinski definition) is 4. The summed E-state index contributed by atoms with van der Waals surface area (Å²) in [4.78, 5) is 31.5. The number of carbonyl (C=O) groups is 2. The van der Waals surface area contributed by atoms with E-state index in [1.807, 2.05) is 23.1 Å². The second kappa shape index (κ2) is 9.03. The number of likely N-dealkylation sites (tertiary alicyclic amines) is 2. The highest BCUT2D eigenvalue weighted by Gasteiger charge is 2.29. The average Bonchev–Trinajstić information content (AvgIpc) is 3.29. The Morgan fingerprint density at radius 2 is 1.86 bits per heavy atom. The molecular weight excluding hydrogens is 368 g/mol. The van der Waals surface area contributed by atoms with Crippen molar-refractivity contribution in [2.24, 2.45) is 0 Å². The molecule has 0 aromatic heterocycles. The first-order valence-electron chi connectivity index (χ1n) is 10.9. The smallest absolute Gasteiger partial charge is 0.321 e. The Balaban J connectivity index is 1.45. The van der Waals surface area contributed by atoms with E-state index in [1.54, 1.807) is 12.0 Å². The maximum Gasteiger partial charge on any atom is 0.321 e. The molecule has 1 aromatic rings. The van der Waals surface area contributed by atoms with Crippen LogP contribution in [0, 0.1) is 0 Å². The number of rotatable bonds is 4. The Kier molecular flexibility index (Phi) is 6.23. The summed E-state index contributed by atoms with van der Waals surface area (Å²) >= 11 is 0. The van der Waals surface area contributed by atoms with Crippen LogP contribution in [0.1, 0.15) is 44.9 Å². The lowest BCUT2D eigenvalue weighted by Gasteiger charge is -2.37. The number of carbonyl (C=O) groups excluding carboxylic acids is 2. The van der Waals surface area contributed by atoms with Gasteiger partial charge < -0.3 is 19.9 Å². The number of ether oxygens (including phenoxy) is 1. The van der Waals surface area contributed by atoms with Crippen molar-refractivity contribution in [3.63, 3.8) is 0 Å². The van der Waals surface area contributed by atoms with Gasteiger partial charge in [0, 0.05) is 37.8 Å². The fraction of sp³-hybridized carbons (Fsp3) is 0.636. The van der Waals surface area contributed by atoms with Crippen LogP contribution >= 0.6 is 0 Å². The number of urea groups is 1. The zero-order valence-electron chi connectivity index (χ0n) is 17.4. The maximum atomic E-state index is 12.9. The fourth-order valence-electron chi connectivity index (χ4n) is 4.79. The molecule has 3 aliphatic heterocycles. The highest BCUT2D eigenvalue weighted by atomic mass is 16.5. The van der Waals surface area contributed by atoms with E-state index in [0.717, 1.165) is 51.1 Å². The van der Waals surface area contributed by atoms with Gasteiger partial charge in [0.2, 0.25) is 5.91 Å². The number of anilines is 2. The first-order valence-corrected chi connectivity index (χ1v) is 10.9. The molecule has 3 fully saturated rings. The van der Waals surface area contributed by atoms with E-state index in [-0.39, 0.29) is 11.9 Å². The minimum absolute atomic E-state index is 0.0602. The van der Waals surface area contributed by atoms with Crippen molar-refractivity contribution in [3.05, 3.63) is 18.2 Å². The van der Waals surface area contributed by atoms with E-state index < -0.39 is 0 Å². The first kappa shape index (κ1) is 20.0. The van der Waals surface area contributed by atoms with Crippen LogP contribution in [0.3, 0.4) is 0 Å². The Bertz CT molecular complexity index is 748. The van der Waals surface area contributed by atoms with Gasteiger partial charge in [0.05, 0.1) is 12.8 Å². The molecule has 4 rings (SSSR count). The molecule has 29 heavy (non-hydrogen) atoms. The summed E-state index contributed by atoms with van der Waals surface area (Å²) in [6.45, 7) is 4.59. The van der Waals surface area contributed by atoms with Crippen molar-refractivity contribution in [3.8, 4) is 5.75 Å². The van der Waals surface area contributed by atoms with Crippen LogP contribution in [0.5, 0.6) is 5.75 Å². The average molecular weight is 401 g/mol. The highest BCUT2D eigenvalue weighted by molar-refractivity contribution is 5.97. The third-order valence-corrected chi connectivity index (χ3v) is 6.39. The predicted molar refractivity (Wildman–Crippen MR) is 114 cm³/mol.